The maximum atomic E-state index is 9.45. The minimum atomic E-state index is 0.0890. The third kappa shape index (κ3) is 3.67. The lowest BCUT2D eigenvalue weighted by molar-refractivity contribution is 0.299. The Morgan fingerprint density at radius 1 is 0.800 bits per heavy atom. The predicted octanol–water partition coefficient (Wildman–Crippen LogP) is 4.37. The van der Waals surface area contributed by atoms with Crippen molar-refractivity contribution in [2.24, 2.45) is 0 Å². The van der Waals surface area contributed by atoms with E-state index in [1.54, 1.807) is 14.2 Å². The lowest BCUT2D eigenvalue weighted by Gasteiger charge is -2.16. The molecule has 0 aliphatic rings. The van der Waals surface area contributed by atoms with Gasteiger partial charge in [-0.05, 0) is 64.6 Å². The molecule has 0 aliphatic heterocycles. The highest BCUT2D eigenvalue weighted by molar-refractivity contribution is 5.86. The van der Waals surface area contributed by atoms with Crippen LogP contribution >= 0.6 is 0 Å². The third-order valence-corrected chi connectivity index (χ3v) is 4.22. The van der Waals surface area contributed by atoms with E-state index in [2.05, 4.69) is 12.1 Å². The summed E-state index contributed by atoms with van der Waals surface area (Å²) in [5.74, 6) is 1.64. The number of aliphatic hydroxyl groups is 1. The van der Waals surface area contributed by atoms with Crippen molar-refractivity contribution in [1.82, 2.24) is 0 Å². The number of benzene rings is 3. The zero-order chi connectivity index (χ0) is 17.6. The third-order valence-electron chi connectivity index (χ3n) is 4.22. The van der Waals surface area contributed by atoms with Crippen molar-refractivity contribution in [2.75, 3.05) is 20.8 Å². The second-order valence-corrected chi connectivity index (χ2v) is 5.68. The van der Waals surface area contributed by atoms with Gasteiger partial charge in [0.2, 0.25) is 0 Å². The summed E-state index contributed by atoms with van der Waals surface area (Å²) in [5, 5.41) is 9.45. The Labute approximate surface area is 148 Å². The molecule has 0 heterocycles. The van der Waals surface area contributed by atoms with Gasteiger partial charge in [0.15, 0.2) is 0 Å². The molecule has 3 rings (SSSR count). The number of methoxy groups -OCH3 is 2. The second-order valence-electron chi connectivity index (χ2n) is 5.68. The fourth-order valence-corrected chi connectivity index (χ4v) is 2.95. The summed E-state index contributed by atoms with van der Waals surface area (Å²) in [6.07, 6.45) is 0.561. The van der Waals surface area contributed by atoms with E-state index in [9.17, 15) is 5.11 Å². The van der Waals surface area contributed by atoms with Crippen LogP contribution in [0.1, 0.15) is 5.56 Å². The molecule has 25 heavy (non-hydrogen) atoms. The van der Waals surface area contributed by atoms with Crippen LogP contribution < -0.4 is 9.47 Å². The molecule has 1 N–H and O–H groups in total. The molecule has 0 saturated heterocycles. The van der Waals surface area contributed by atoms with Gasteiger partial charge in [-0.15, -0.1) is 0 Å². The van der Waals surface area contributed by atoms with E-state index in [0.29, 0.717) is 6.42 Å². The molecule has 0 amide bonds. The predicted molar refractivity (Wildman–Crippen MR) is 100 cm³/mol. The van der Waals surface area contributed by atoms with E-state index in [1.807, 2.05) is 54.6 Å². The van der Waals surface area contributed by atoms with Gasteiger partial charge in [0, 0.05) is 6.61 Å². The van der Waals surface area contributed by atoms with Crippen LogP contribution in [-0.4, -0.2) is 25.9 Å². The van der Waals surface area contributed by atoms with Gasteiger partial charge >= 0.3 is 0 Å². The molecular formula is C22H21O3. The van der Waals surface area contributed by atoms with Crippen LogP contribution in [0, 0.1) is 6.07 Å². The van der Waals surface area contributed by atoms with E-state index in [-0.39, 0.29) is 6.61 Å². The lowest BCUT2D eigenvalue weighted by atomic mass is 9.89. The quantitative estimate of drug-likeness (QED) is 0.728. The van der Waals surface area contributed by atoms with Crippen LogP contribution in [0.25, 0.3) is 22.3 Å². The number of rotatable bonds is 6. The SMILES string of the molecule is COc1ccc(-c2cc[c]c(CCO)c2-c2ccc(OC)cc2)cc1. The van der Waals surface area contributed by atoms with Gasteiger partial charge in [0.25, 0.3) is 0 Å². The van der Waals surface area contributed by atoms with Crippen LogP contribution in [0.4, 0.5) is 0 Å². The molecule has 0 bridgehead atoms. The van der Waals surface area contributed by atoms with Crippen molar-refractivity contribution in [3.8, 4) is 33.8 Å². The highest BCUT2D eigenvalue weighted by Gasteiger charge is 2.13. The number of ether oxygens (including phenoxy) is 2. The van der Waals surface area contributed by atoms with Gasteiger partial charge < -0.3 is 14.6 Å². The van der Waals surface area contributed by atoms with Gasteiger partial charge in [-0.2, -0.15) is 0 Å². The van der Waals surface area contributed by atoms with Gasteiger partial charge in [0.05, 0.1) is 14.2 Å². The Balaban J connectivity index is 2.15. The monoisotopic (exact) mass is 333 g/mol. The molecule has 0 saturated carbocycles. The molecule has 3 aromatic rings. The molecule has 3 heteroatoms. The summed E-state index contributed by atoms with van der Waals surface area (Å²) in [6.45, 7) is 0.0890. The van der Waals surface area contributed by atoms with Crippen molar-refractivity contribution in [1.29, 1.82) is 0 Å². The minimum absolute atomic E-state index is 0.0890. The Bertz CT molecular complexity index is 821. The smallest absolute Gasteiger partial charge is 0.118 e. The summed E-state index contributed by atoms with van der Waals surface area (Å²) in [6, 6.07) is 23.2. The summed E-state index contributed by atoms with van der Waals surface area (Å²) in [7, 11) is 3.32. The molecule has 1 radical (unpaired) electrons. The molecule has 0 spiro atoms. The van der Waals surface area contributed by atoms with Crippen LogP contribution in [0.2, 0.25) is 0 Å². The van der Waals surface area contributed by atoms with Crippen LogP contribution in [-0.2, 0) is 6.42 Å². The standard InChI is InChI=1S/C22H21O3/c1-24-19-10-6-16(7-11-19)21-5-3-4-17(14-15-23)22(21)18-8-12-20(25-2)13-9-18/h3,5-13,23H,14-15H2,1-2H3. The molecule has 0 aromatic heterocycles. The lowest BCUT2D eigenvalue weighted by Crippen LogP contribution is -1.97. The van der Waals surface area contributed by atoms with Crippen LogP contribution in [0.15, 0.2) is 60.7 Å². The fourth-order valence-electron chi connectivity index (χ4n) is 2.95. The van der Waals surface area contributed by atoms with Crippen LogP contribution in [0.5, 0.6) is 11.5 Å². The van der Waals surface area contributed by atoms with Crippen molar-refractivity contribution < 1.29 is 14.6 Å². The van der Waals surface area contributed by atoms with Crippen molar-refractivity contribution in [3.63, 3.8) is 0 Å². The molecule has 0 unspecified atom stereocenters. The van der Waals surface area contributed by atoms with Crippen LogP contribution in [0.3, 0.4) is 0 Å². The van der Waals surface area contributed by atoms with Crippen molar-refractivity contribution >= 4 is 0 Å². The highest BCUT2D eigenvalue weighted by atomic mass is 16.5. The Morgan fingerprint density at radius 2 is 1.36 bits per heavy atom. The number of hydrogen-bond donors (Lipinski definition) is 1. The summed E-state index contributed by atoms with van der Waals surface area (Å²) < 4.78 is 10.5. The van der Waals surface area contributed by atoms with E-state index >= 15 is 0 Å². The molecule has 0 atom stereocenters. The van der Waals surface area contributed by atoms with Gasteiger partial charge in [0.1, 0.15) is 11.5 Å². The summed E-state index contributed by atoms with van der Waals surface area (Å²) in [5.41, 5.74) is 5.37. The van der Waals surface area contributed by atoms with E-state index in [0.717, 1.165) is 39.3 Å². The average Bonchev–Trinajstić information content (AvgIpc) is 2.68. The number of hydrogen-bond acceptors (Lipinski definition) is 3. The fraction of sp³-hybridized carbons (Fsp3) is 0.182. The largest absolute Gasteiger partial charge is 0.497 e. The topological polar surface area (TPSA) is 38.7 Å². The van der Waals surface area contributed by atoms with Crippen molar-refractivity contribution in [3.05, 3.63) is 72.3 Å². The zero-order valence-electron chi connectivity index (χ0n) is 14.5. The van der Waals surface area contributed by atoms with Crippen molar-refractivity contribution in [2.45, 2.75) is 6.42 Å². The normalized spacial score (nSPS) is 10.5. The van der Waals surface area contributed by atoms with E-state index in [4.69, 9.17) is 9.47 Å². The molecular weight excluding hydrogens is 312 g/mol. The summed E-state index contributed by atoms with van der Waals surface area (Å²) in [4.78, 5) is 0. The van der Waals surface area contributed by atoms with E-state index < -0.39 is 0 Å². The first-order valence-corrected chi connectivity index (χ1v) is 8.20. The van der Waals surface area contributed by atoms with Gasteiger partial charge in [-0.25, -0.2) is 0 Å². The average molecular weight is 333 g/mol. The highest BCUT2D eigenvalue weighted by Crippen LogP contribution is 2.36. The van der Waals surface area contributed by atoms with Gasteiger partial charge in [-0.3, -0.25) is 0 Å². The molecule has 3 aromatic carbocycles. The molecule has 127 valence electrons. The molecule has 0 aliphatic carbocycles. The Kier molecular flexibility index (Phi) is 5.36. The number of aliphatic hydroxyl groups excluding tert-OH is 1. The maximum absolute atomic E-state index is 9.45. The first kappa shape index (κ1) is 17.1. The Hall–Kier alpha value is -2.78. The first-order valence-electron chi connectivity index (χ1n) is 8.20. The van der Waals surface area contributed by atoms with E-state index in [1.165, 1.54) is 0 Å². The molecule has 3 nitrogen and oxygen atoms in total. The Morgan fingerprint density at radius 3 is 1.88 bits per heavy atom. The minimum Gasteiger partial charge on any atom is -0.497 e. The second kappa shape index (κ2) is 7.86. The molecule has 0 fully saturated rings. The summed E-state index contributed by atoms with van der Waals surface area (Å²) >= 11 is 0. The first-order chi connectivity index (χ1) is 12.3. The maximum Gasteiger partial charge on any atom is 0.118 e. The van der Waals surface area contributed by atoms with Gasteiger partial charge in [-0.1, -0.05) is 36.4 Å². The zero-order valence-corrected chi connectivity index (χ0v) is 14.5.